The number of fused-ring (bicyclic) bond motifs is 1. The topological polar surface area (TPSA) is 116 Å². The Kier molecular flexibility index (Phi) is 14.5. The average molecular weight is 791 g/mol. The lowest BCUT2D eigenvalue weighted by molar-refractivity contribution is -0.206. The number of ether oxygens (including phenoxy) is 3. The Balaban J connectivity index is 0.000000193. The van der Waals surface area contributed by atoms with E-state index in [9.17, 15) is 19.2 Å². The quantitative estimate of drug-likeness (QED) is 0.177. The zero-order valence-electron chi connectivity index (χ0n) is 37.4. The summed E-state index contributed by atoms with van der Waals surface area (Å²) in [6.07, 6.45) is 16.2. The van der Waals surface area contributed by atoms with Crippen LogP contribution in [0.3, 0.4) is 0 Å². The molecule has 5 saturated carbocycles. The fraction of sp³-hybridized carbons (Fsp3) is 0.714. The zero-order chi connectivity index (χ0) is 42.6. The maximum atomic E-state index is 12.6. The summed E-state index contributed by atoms with van der Waals surface area (Å²) < 4.78 is 17.2. The molecule has 0 spiro atoms. The van der Waals surface area contributed by atoms with Crippen LogP contribution in [0.4, 0.5) is 0 Å². The highest BCUT2D eigenvalue weighted by Gasteiger charge is 2.59. The number of rotatable bonds is 11. The fourth-order valence-corrected chi connectivity index (χ4v) is 9.19. The molecule has 0 atom stereocenters. The van der Waals surface area contributed by atoms with Gasteiger partial charge in [-0.3, -0.25) is 14.4 Å². The Bertz CT molecular complexity index is 1710. The predicted octanol–water partition coefficient (Wildman–Crippen LogP) is 12.5. The van der Waals surface area contributed by atoms with Gasteiger partial charge in [0.05, 0.1) is 21.8 Å². The number of carbonyl (C=O) groups is 4. The molecule has 0 heterocycles. The average Bonchev–Trinajstić information content (AvgIpc) is 3.14. The minimum atomic E-state index is -0.961. The van der Waals surface area contributed by atoms with Crippen molar-refractivity contribution in [2.24, 2.45) is 39.4 Å². The smallest absolute Gasteiger partial charge is 0.335 e. The number of esters is 3. The normalized spacial score (nSPS) is 24.0. The van der Waals surface area contributed by atoms with Gasteiger partial charge < -0.3 is 19.3 Å². The van der Waals surface area contributed by atoms with Gasteiger partial charge in [-0.15, -0.1) is 0 Å². The molecule has 2 aromatic rings. The molecule has 2 aromatic carbocycles. The van der Waals surface area contributed by atoms with Crippen LogP contribution in [-0.2, 0) is 23.9 Å². The van der Waals surface area contributed by atoms with Crippen molar-refractivity contribution in [2.45, 2.75) is 184 Å². The van der Waals surface area contributed by atoms with E-state index in [1.165, 1.54) is 63.9 Å². The number of carbonyl (C=O) groups excluding carboxylic acids is 3. The van der Waals surface area contributed by atoms with E-state index in [0.29, 0.717) is 12.2 Å². The van der Waals surface area contributed by atoms with Gasteiger partial charge in [0.1, 0.15) is 17.0 Å². The molecule has 5 fully saturated rings. The monoisotopic (exact) mass is 791 g/mol. The van der Waals surface area contributed by atoms with E-state index in [4.69, 9.17) is 19.3 Å². The van der Waals surface area contributed by atoms with Gasteiger partial charge in [0.2, 0.25) is 0 Å². The molecule has 0 radical (unpaired) electrons. The van der Waals surface area contributed by atoms with Crippen molar-refractivity contribution in [1.29, 1.82) is 0 Å². The summed E-state index contributed by atoms with van der Waals surface area (Å²) in [5, 5.41) is 10.6. The van der Waals surface area contributed by atoms with Crippen LogP contribution in [0.25, 0.3) is 10.8 Å². The summed E-state index contributed by atoms with van der Waals surface area (Å²) in [5.74, 6) is 1.89. The van der Waals surface area contributed by atoms with Crippen LogP contribution in [-0.4, -0.2) is 40.2 Å². The lowest BCUT2D eigenvalue weighted by Crippen LogP contribution is -2.58. The maximum absolute atomic E-state index is 12.6. The van der Waals surface area contributed by atoms with Gasteiger partial charge in [-0.2, -0.15) is 0 Å². The molecule has 318 valence electrons. The van der Waals surface area contributed by atoms with Gasteiger partial charge in [-0.1, -0.05) is 39.3 Å². The van der Waals surface area contributed by atoms with Crippen LogP contribution >= 0.6 is 0 Å². The number of benzene rings is 2. The van der Waals surface area contributed by atoms with Crippen LogP contribution in [0.15, 0.2) is 36.4 Å². The third-order valence-corrected chi connectivity index (χ3v) is 14.5. The summed E-state index contributed by atoms with van der Waals surface area (Å²) in [4.78, 5) is 47.5. The Hall–Kier alpha value is -3.42. The van der Waals surface area contributed by atoms with Crippen LogP contribution in [0.1, 0.15) is 183 Å². The Morgan fingerprint density at radius 2 is 1.11 bits per heavy atom. The van der Waals surface area contributed by atoms with Crippen molar-refractivity contribution >= 4 is 34.6 Å². The van der Waals surface area contributed by atoms with E-state index in [1.807, 2.05) is 55.4 Å². The highest BCUT2D eigenvalue weighted by Crippen LogP contribution is 2.64. The van der Waals surface area contributed by atoms with Gasteiger partial charge >= 0.3 is 23.9 Å². The first-order valence-electron chi connectivity index (χ1n) is 21.9. The van der Waals surface area contributed by atoms with Gasteiger partial charge in [-0.05, 0) is 199 Å². The molecular formula is C49H74O8. The van der Waals surface area contributed by atoms with E-state index in [-0.39, 0.29) is 50.9 Å². The highest BCUT2D eigenvalue weighted by atomic mass is 16.6. The predicted molar refractivity (Wildman–Crippen MR) is 227 cm³/mol. The third-order valence-electron chi connectivity index (χ3n) is 14.5. The fourth-order valence-electron chi connectivity index (χ4n) is 9.19. The number of carboxylic acids is 1. The van der Waals surface area contributed by atoms with Crippen molar-refractivity contribution in [3.8, 4) is 5.75 Å². The lowest BCUT2D eigenvalue weighted by Gasteiger charge is -2.61. The van der Waals surface area contributed by atoms with Gasteiger partial charge in [0.15, 0.2) is 0 Å². The largest absolute Gasteiger partial charge is 0.478 e. The lowest BCUT2D eigenvalue weighted by atomic mass is 9.46. The molecule has 1 N–H and O–H groups in total. The van der Waals surface area contributed by atoms with Gasteiger partial charge in [0, 0.05) is 5.41 Å². The first-order valence-corrected chi connectivity index (χ1v) is 21.9. The number of carboxylic acid groups (broad SMARTS) is 1. The second-order valence-corrected chi connectivity index (χ2v) is 20.6. The summed E-state index contributed by atoms with van der Waals surface area (Å²) in [6, 6.07) is 10.0. The van der Waals surface area contributed by atoms with Gasteiger partial charge in [0.25, 0.3) is 0 Å². The number of aromatic carboxylic acids is 1. The second kappa shape index (κ2) is 17.8. The highest BCUT2D eigenvalue weighted by molar-refractivity contribution is 5.95. The number of hydrogen-bond donors (Lipinski definition) is 1. The molecule has 0 aliphatic heterocycles. The Morgan fingerprint density at radius 1 is 0.649 bits per heavy atom. The first kappa shape index (κ1) is 46.3. The van der Waals surface area contributed by atoms with E-state index in [1.54, 1.807) is 30.3 Å². The van der Waals surface area contributed by atoms with Crippen molar-refractivity contribution in [3.05, 3.63) is 42.0 Å². The second-order valence-electron chi connectivity index (χ2n) is 20.6. The molecule has 7 rings (SSSR count). The summed E-state index contributed by atoms with van der Waals surface area (Å²) in [5.41, 5.74) is -1.24. The van der Waals surface area contributed by atoms with E-state index in [0.717, 1.165) is 54.2 Å². The molecule has 0 saturated heterocycles. The minimum absolute atomic E-state index is 0.00857. The molecule has 8 heteroatoms. The summed E-state index contributed by atoms with van der Waals surface area (Å²) in [7, 11) is 0. The van der Waals surface area contributed by atoms with Crippen LogP contribution in [0.5, 0.6) is 5.75 Å². The standard InChI is InChI=1S/C19H32O2.C17H18O4.C13H24O2/c1-6-17(2,3)16(20)21-18(4,5)19-10-13-7-14(11-19)9-15(8-13)12-19;1-4-17(2,3)16(20)21-14-8-7-11-9-13(15(18)19)6-5-12(11)10-14;1-5-12(2,3)11(14)15-13(4)9-7-6-8-10-13/h13-15H,6-12H2,1-5H3;5-10H,4H2,1-3H3,(H,18,19);5-10H2,1-4H3. The van der Waals surface area contributed by atoms with Crippen LogP contribution in [0, 0.1) is 39.4 Å². The van der Waals surface area contributed by atoms with Crippen molar-refractivity contribution < 1.29 is 38.5 Å². The van der Waals surface area contributed by atoms with Crippen molar-refractivity contribution in [1.82, 2.24) is 0 Å². The zero-order valence-corrected chi connectivity index (χ0v) is 37.4. The molecule has 5 aliphatic carbocycles. The summed E-state index contributed by atoms with van der Waals surface area (Å²) in [6.45, 7) is 24.1. The molecule has 0 unspecified atom stereocenters. The molecule has 4 bridgehead atoms. The van der Waals surface area contributed by atoms with Gasteiger partial charge in [-0.25, -0.2) is 4.79 Å². The molecule has 5 aliphatic rings. The Morgan fingerprint density at radius 3 is 1.60 bits per heavy atom. The molecule has 8 nitrogen and oxygen atoms in total. The molecule has 57 heavy (non-hydrogen) atoms. The first-order chi connectivity index (χ1) is 26.4. The molecule has 0 aromatic heterocycles. The van der Waals surface area contributed by atoms with Crippen LogP contribution < -0.4 is 4.74 Å². The maximum Gasteiger partial charge on any atom is 0.335 e. The van der Waals surface area contributed by atoms with Crippen LogP contribution in [0.2, 0.25) is 0 Å². The van der Waals surface area contributed by atoms with E-state index >= 15 is 0 Å². The molecule has 0 amide bonds. The number of hydrogen-bond acceptors (Lipinski definition) is 7. The minimum Gasteiger partial charge on any atom is -0.478 e. The molecular weight excluding hydrogens is 717 g/mol. The van der Waals surface area contributed by atoms with Crippen molar-refractivity contribution in [2.75, 3.05) is 0 Å². The van der Waals surface area contributed by atoms with E-state index in [2.05, 4.69) is 27.7 Å². The summed E-state index contributed by atoms with van der Waals surface area (Å²) >= 11 is 0. The SMILES string of the molecule is CCC(C)(C)C(=O)OC(C)(C)C12CC3CC(CC(C3)C1)C2.CCC(C)(C)C(=O)OC1(C)CCCCC1.CCC(C)(C)C(=O)Oc1ccc2cc(C(=O)O)ccc2c1. The third kappa shape index (κ3) is 11.2. The van der Waals surface area contributed by atoms with E-state index < -0.39 is 11.4 Å². The Labute approximate surface area is 343 Å². The van der Waals surface area contributed by atoms with Crippen molar-refractivity contribution in [3.63, 3.8) is 0 Å².